The van der Waals surface area contributed by atoms with E-state index in [1.54, 1.807) is 19.1 Å². The molecule has 0 bridgehead atoms. The molecule has 0 heterocycles. The van der Waals surface area contributed by atoms with E-state index in [9.17, 15) is 14.9 Å². The number of thiocarbonyl (C=S) groups is 1. The van der Waals surface area contributed by atoms with Gasteiger partial charge in [-0.25, -0.2) is 0 Å². The number of benzene rings is 2. The molecule has 23 heavy (non-hydrogen) atoms. The molecule has 0 saturated heterocycles. The van der Waals surface area contributed by atoms with Crippen molar-refractivity contribution < 1.29 is 14.5 Å². The molecule has 0 spiro atoms. The molecule has 6 heteroatoms. The van der Waals surface area contributed by atoms with Crippen LogP contribution in [0.1, 0.15) is 23.7 Å². The molecule has 1 atom stereocenters. The van der Waals surface area contributed by atoms with Crippen molar-refractivity contribution in [3.63, 3.8) is 0 Å². The van der Waals surface area contributed by atoms with Crippen LogP contribution >= 0.6 is 12.2 Å². The minimum Gasteiger partial charge on any atom is -0.450 e. The van der Waals surface area contributed by atoms with Gasteiger partial charge < -0.3 is 4.74 Å². The first kappa shape index (κ1) is 16.8. The van der Waals surface area contributed by atoms with Gasteiger partial charge in [-0.1, -0.05) is 37.3 Å². The van der Waals surface area contributed by atoms with Crippen molar-refractivity contribution in [2.75, 3.05) is 0 Å². The zero-order valence-corrected chi connectivity index (χ0v) is 13.3. The second-order valence-electron chi connectivity index (χ2n) is 5.06. The van der Waals surface area contributed by atoms with Gasteiger partial charge in [-0.15, -0.1) is 0 Å². The summed E-state index contributed by atoms with van der Waals surface area (Å²) in [6, 6.07) is 14.6. The lowest BCUT2D eigenvalue weighted by Gasteiger charge is -2.12. The number of hydrogen-bond donors (Lipinski definition) is 0. The van der Waals surface area contributed by atoms with Gasteiger partial charge in [-0.2, -0.15) is 0 Å². The maximum absolute atomic E-state index is 12.3. The fourth-order valence-electron chi connectivity index (χ4n) is 2.04. The van der Waals surface area contributed by atoms with Crippen LogP contribution in [0.15, 0.2) is 54.6 Å². The van der Waals surface area contributed by atoms with Gasteiger partial charge in [-0.3, -0.25) is 14.9 Å². The highest BCUT2D eigenvalue weighted by Crippen LogP contribution is 2.19. The maximum Gasteiger partial charge on any atom is 0.269 e. The minimum atomic E-state index is -0.483. The number of hydrogen-bond acceptors (Lipinski definition) is 5. The van der Waals surface area contributed by atoms with Crippen molar-refractivity contribution in [3.8, 4) is 5.75 Å². The van der Waals surface area contributed by atoms with Crippen molar-refractivity contribution in [2.45, 2.75) is 13.3 Å². The molecule has 0 radical (unpaired) electrons. The zero-order valence-electron chi connectivity index (χ0n) is 12.5. The molecule has 0 aliphatic heterocycles. The van der Waals surface area contributed by atoms with Crippen LogP contribution in [-0.2, 0) is 0 Å². The fourth-order valence-corrected chi connectivity index (χ4v) is 2.38. The molecule has 2 rings (SSSR count). The van der Waals surface area contributed by atoms with Crippen LogP contribution in [0.5, 0.6) is 5.75 Å². The molecule has 118 valence electrons. The quantitative estimate of drug-likeness (QED) is 0.344. The predicted octanol–water partition coefficient (Wildman–Crippen LogP) is 4.21. The highest BCUT2D eigenvalue weighted by atomic mass is 32.1. The summed E-state index contributed by atoms with van der Waals surface area (Å²) in [5, 5.41) is 10.9. The summed E-state index contributed by atoms with van der Waals surface area (Å²) in [5.41, 5.74) is 0.619. The Balaban J connectivity index is 1.93. The number of nitro benzene ring substituents is 1. The van der Waals surface area contributed by atoms with Crippen LogP contribution < -0.4 is 4.74 Å². The molecule has 0 N–H and O–H groups in total. The largest absolute Gasteiger partial charge is 0.450 e. The van der Waals surface area contributed by atoms with Crippen LogP contribution in [0.4, 0.5) is 5.69 Å². The molecular formula is C17H15NO4S. The van der Waals surface area contributed by atoms with E-state index in [2.05, 4.69) is 0 Å². The number of carbonyl (C=O) groups excluding carboxylic acids is 1. The van der Waals surface area contributed by atoms with Crippen molar-refractivity contribution in [2.24, 2.45) is 5.92 Å². The van der Waals surface area contributed by atoms with E-state index < -0.39 is 4.92 Å². The molecular weight excluding hydrogens is 314 g/mol. The molecule has 2 aromatic carbocycles. The highest BCUT2D eigenvalue weighted by molar-refractivity contribution is 7.80. The van der Waals surface area contributed by atoms with E-state index in [0.29, 0.717) is 17.7 Å². The summed E-state index contributed by atoms with van der Waals surface area (Å²) in [4.78, 5) is 22.4. The zero-order chi connectivity index (χ0) is 16.8. The Kier molecular flexibility index (Phi) is 5.54. The SMILES string of the molecule is CC(CC(=S)Oc1ccc([N+](=O)[O-])cc1)C(=O)c1ccccc1. The van der Waals surface area contributed by atoms with E-state index in [-0.39, 0.29) is 22.4 Å². The van der Waals surface area contributed by atoms with E-state index in [0.717, 1.165) is 0 Å². The van der Waals surface area contributed by atoms with Crippen LogP contribution in [0.25, 0.3) is 0 Å². The van der Waals surface area contributed by atoms with Gasteiger partial charge in [0.25, 0.3) is 5.69 Å². The smallest absolute Gasteiger partial charge is 0.269 e. The van der Waals surface area contributed by atoms with Gasteiger partial charge in [0.15, 0.2) is 10.8 Å². The molecule has 5 nitrogen and oxygen atoms in total. The number of non-ortho nitro benzene ring substituents is 1. The average molecular weight is 329 g/mol. The van der Waals surface area contributed by atoms with Gasteiger partial charge in [0.05, 0.1) is 4.92 Å². The second-order valence-corrected chi connectivity index (χ2v) is 5.52. The Hall–Kier alpha value is -2.60. The lowest BCUT2D eigenvalue weighted by atomic mass is 9.97. The highest BCUT2D eigenvalue weighted by Gasteiger charge is 2.18. The maximum atomic E-state index is 12.3. The number of ether oxygens (including phenoxy) is 1. The van der Waals surface area contributed by atoms with Gasteiger partial charge in [-0.05, 0) is 24.4 Å². The van der Waals surface area contributed by atoms with E-state index in [1.807, 2.05) is 18.2 Å². The third-order valence-corrected chi connectivity index (χ3v) is 3.51. The number of ketones is 1. The lowest BCUT2D eigenvalue weighted by Crippen LogP contribution is -2.17. The number of Topliss-reactive ketones (excluding diaryl/α,β-unsaturated/α-hetero) is 1. The minimum absolute atomic E-state index is 0.000231. The summed E-state index contributed by atoms with van der Waals surface area (Å²) in [7, 11) is 0. The molecule has 0 aliphatic carbocycles. The Morgan fingerprint density at radius 2 is 1.78 bits per heavy atom. The Morgan fingerprint density at radius 1 is 1.17 bits per heavy atom. The normalized spacial score (nSPS) is 11.5. The molecule has 0 fully saturated rings. The van der Waals surface area contributed by atoms with Crippen molar-refractivity contribution in [1.82, 2.24) is 0 Å². The molecule has 1 unspecified atom stereocenters. The van der Waals surface area contributed by atoms with Crippen molar-refractivity contribution in [1.29, 1.82) is 0 Å². The molecule has 0 saturated carbocycles. The molecule has 0 aromatic heterocycles. The summed E-state index contributed by atoms with van der Waals surface area (Å²) < 4.78 is 5.46. The second kappa shape index (κ2) is 7.60. The molecule has 0 amide bonds. The molecule has 2 aromatic rings. The Labute approximate surface area is 139 Å². The standard InChI is InChI=1S/C17H15NO4S/c1-12(17(19)13-5-3-2-4-6-13)11-16(23)22-15-9-7-14(8-10-15)18(20)21/h2-10,12H,11H2,1H3. The first-order chi connectivity index (χ1) is 11.0. The number of nitro groups is 1. The Bertz CT molecular complexity index is 713. The monoisotopic (exact) mass is 329 g/mol. The lowest BCUT2D eigenvalue weighted by molar-refractivity contribution is -0.384. The number of nitrogens with zero attached hydrogens (tertiary/aromatic N) is 1. The van der Waals surface area contributed by atoms with Gasteiger partial charge in [0.2, 0.25) is 0 Å². The number of rotatable bonds is 6. The average Bonchev–Trinajstić information content (AvgIpc) is 2.55. The number of carbonyl (C=O) groups is 1. The van der Waals surface area contributed by atoms with Gasteiger partial charge >= 0.3 is 0 Å². The van der Waals surface area contributed by atoms with Crippen LogP contribution in [0.3, 0.4) is 0 Å². The van der Waals surface area contributed by atoms with E-state index in [1.165, 1.54) is 24.3 Å². The Morgan fingerprint density at radius 3 is 2.35 bits per heavy atom. The summed E-state index contributed by atoms with van der Waals surface area (Å²) in [6.07, 6.45) is 0.306. The van der Waals surface area contributed by atoms with Crippen molar-refractivity contribution in [3.05, 3.63) is 70.3 Å². The van der Waals surface area contributed by atoms with E-state index >= 15 is 0 Å². The van der Waals surface area contributed by atoms with Crippen LogP contribution in [0, 0.1) is 16.0 Å². The fraction of sp³-hybridized carbons (Fsp3) is 0.176. The third kappa shape index (κ3) is 4.69. The van der Waals surface area contributed by atoms with Gasteiger partial charge in [0.1, 0.15) is 5.75 Å². The molecule has 0 aliphatic rings. The first-order valence-electron chi connectivity index (χ1n) is 7.02. The third-order valence-electron chi connectivity index (χ3n) is 3.26. The summed E-state index contributed by atoms with van der Waals surface area (Å²) in [5.74, 6) is 0.114. The predicted molar refractivity (Wildman–Crippen MR) is 90.9 cm³/mol. The van der Waals surface area contributed by atoms with Gasteiger partial charge in [0, 0.05) is 30.0 Å². The van der Waals surface area contributed by atoms with Crippen molar-refractivity contribution >= 4 is 28.7 Å². The van der Waals surface area contributed by atoms with Crippen LogP contribution in [-0.4, -0.2) is 15.8 Å². The summed E-state index contributed by atoms with van der Waals surface area (Å²) >= 11 is 5.16. The summed E-state index contributed by atoms with van der Waals surface area (Å²) in [6.45, 7) is 1.79. The first-order valence-corrected chi connectivity index (χ1v) is 7.42. The van der Waals surface area contributed by atoms with E-state index in [4.69, 9.17) is 17.0 Å². The topological polar surface area (TPSA) is 69.4 Å². The van der Waals surface area contributed by atoms with Crippen LogP contribution in [0.2, 0.25) is 0 Å².